The first-order valence-corrected chi connectivity index (χ1v) is 5.63. The first-order valence-electron chi connectivity index (χ1n) is 5.63. The van der Waals surface area contributed by atoms with E-state index < -0.39 is 0 Å². The fourth-order valence-electron chi connectivity index (χ4n) is 1.93. The fraction of sp³-hybridized carbons (Fsp3) is 0.583. The molecule has 2 rings (SSSR count). The van der Waals surface area contributed by atoms with Crippen LogP contribution in [0.4, 0.5) is 5.82 Å². The molecular weight excluding hydrogens is 172 g/mol. The Labute approximate surface area is 85.7 Å². The van der Waals surface area contributed by atoms with Crippen molar-refractivity contribution in [1.82, 2.24) is 4.98 Å². The van der Waals surface area contributed by atoms with Gasteiger partial charge in [0.05, 0.1) is 0 Å². The quantitative estimate of drug-likeness (QED) is 0.775. The molecule has 0 amide bonds. The molecule has 0 fully saturated rings. The zero-order valence-corrected chi connectivity index (χ0v) is 8.84. The van der Waals surface area contributed by atoms with Gasteiger partial charge >= 0.3 is 0 Å². The number of fused-ring (bicyclic) bond motifs is 1. The third-order valence-corrected chi connectivity index (χ3v) is 2.71. The maximum absolute atomic E-state index is 4.65. The van der Waals surface area contributed by atoms with E-state index >= 15 is 0 Å². The van der Waals surface area contributed by atoms with Gasteiger partial charge < -0.3 is 5.32 Å². The fourth-order valence-corrected chi connectivity index (χ4v) is 1.93. The summed E-state index contributed by atoms with van der Waals surface area (Å²) in [5.41, 5.74) is 2.61. The zero-order valence-electron chi connectivity index (χ0n) is 8.84. The second-order valence-corrected chi connectivity index (χ2v) is 3.94. The summed E-state index contributed by atoms with van der Waals surface area (Å²) < 4.78 is 0. The summed E-state index contributed by atoms with van der Waals surface area (Å²) in [6.07, 6.45) is 6.00. The lowest BCUT2D eigenvalue weighted by atomic mass is 10.1. The minimum atomic E-state index is 1.08. The van der Waals surface area contributed by atoms with Gasteiger partial charge in [-0.1, -0.05) is 19.4 Å². The van der Waals surface area contributed by atoms with Gasteiger partial charge in [0.15, 0.2) is 0 Å². The van der Waals surface area contributed by atoms with Crippen molar-refractivity contribution < 1.29 is 0 Å². The average molecular weight is 190 g/mol. The van der Waals surface area contributed by atoms with Crippen LogP contribution in [-0.4, -0.2) is 11.5 Å². The number of hydrogen-bond acceptors (Lipinski definition) is 2. The average Bonchev–Trinajstić information content (AvgIpc) is 2.42. The molecule has 0 saturated heterocycles. The Bertz CT molecular complexity index is 307. The molecule has 1 aliphatic rings. The maximum atomic E-state index is 4.65. The van der Waals surface area contributed by atoms with Crippen molar-refractivity contribution in [2.24, 2.45) is 0 Å². The van der Waals surface area contributed by atoms with Crippen molar-refractivity contribution in [3.05, 3.63) is 23.4 Å². The Balaban J connectivity index is 2.23. The Hall–Kier alpha value is -1.05. The molecular formula is C12H18N2. The van der Waals surface area contributed by atoms with Crippen LogP contribution < -0.4 is 5.32 Å². The monoisotopic (exact) mass is 190 g/mol. The molecule has 0 atom stereocenters. The van der Waals surface area contributed by atoms with Crippen LogP contribution in [0.5, 0.6) is 0 Å². The maximum Gasteiger partial charge on any atom is 0.129 e. The van der Waals surface area contributed by atoms with Crippen molar-refractivity contribution in [2.75, 3.05) is 11.9 Å². The Morgan fingerprint density at radius 1 is 1.36 bits per heavy atom. The highest BCUT2D eigenvalue weighted by atomic mass is 15.0. The lowest BCUT2D eigenvalue weighted by Gasteiger charge is -2.08. The number of pyridine rings is 1. The predicted molar refractivity (Wildman–Crippen MR) is 59.7 cm³/mol. The molecule has 0 radical (unpaired) electrons. The van der Waals surface area contributed by atoms with Gasteiger partial charge in [-0.25, -0.2) is 4.98 Å². The minimum Gasteiger partial charge on any atom is -0.370 e. The summed E-state index contributed by atoms with van der Waals surface area (Å²) in [4.78, 5) is 4.65. The van der Waals surface area contributed by atoms with Crippen molar-refractivity contribution in [1.29, 1.82) is 0 Å². The molecule has 76 valence electrons. The van der Waals surface area contributed by atoms with E-state index in [2.05, 4.69) is 29.4 Å². The van der Waals surface area contributed by atoms with E-state index in [4.69, 9.17) is 0 Å². The second kappa shape index (κ2) is 4.45. The lowest BCUT2D eigenvalue weighted by Crippen LogP contribution is -2.03. The van der Waals surface area contributed by atoms with E-state index in [0.717, 1.165) is 18.8 Å². The van der Waals surface area contributed by atoms with Crippen molar-refractivity contribution in [3.63, 3.8) is 0 Å². The topological polar surface area (TPSA) is 24.9 Å². The van der Waals surface area contributed by atoms with Crippen molar-refractivity contribution in [2.45, 2.75) is 39.0 Å². The lowest BCUT2D eigenvalue weighted by molar-refractivity contribution is 0.785. The number of aromatic nitrogens is 1. The van der Waals surface area contributed by atoms with Crippen LogP contribution >= 0.6 is 0 Å². The number of hydrogen-bond donors (Lipinski definition) is 1. The van der Waals surface area contributed by atoms with Gasteiger partial charge in [0, 0.05) is 12.2 Å². The third kappa shape index (κ3) is 2.06. The molecule has 0 bridgehead atoms. The summed E-state index contributed by atoms with van der Waals surface area (Å²) in [6, 6.07) is 4.42. The van der Waals surface area contributed by atoms with E-state index in [0.29, 0.717) is 0 Å². The Morgan fingerprint density at radius 3 is 3.14 bits per heavy atom. The summed E-state index contributed by atoms with van der Waals surface area (Å²) >= 11 is 0. The number of aryl methyl sites for hydroxylation is 2. The van der Waals surface area contributed by atoms with Gasteiger partial charge in [0.2, 0.25) is 0 Å². The first kappa shape index (κ1) is 9.50. The number of nitrogens with one attached hydrogen (secondary N) is 1. The second-order valence-electron chi connectivity index (χ2n) is 3.94. The highest BCUT2D eigenvalue weighted by Gasteiger charge is 2.08. The van der Waals surface area contributed by atoms with Gasteiger partial charge in [-0.05, 0) is 37.3 Å². The van der Waals surface area contributed by atoms with Crippen molar-refractivity contribution >= 4 is 5.82 Å². The Kier molecular flexibility index (Phi) is 3.02. The summed E-state index contributed by atoms with van der Waals surface area (Å²) in [6.45, 7) is 3.27. The van der Waals surface area contributed by atoms with Gasteiger partial charge in [0.1, 0.15) is 5.82 Å². The van der Waals surface area contributed by atoms with Gasteiger partial charge in [-0.15, -0.1) is 0 Å². The van der Waals surface area contributed by atoms with Crippen LogP contribution in [0.1, 0.15) is 37.4 Å². The highest BCUT2D eigenvalue weighted by molar-refractivity contribution is 5.45. The molecule has 2 heterocycles. The van der Waals surface area contributed by atoms with E-state index in [1.165, 1.54) is 36.9 Å². The molecule has 2 nitrogen and oxygen atoms in total. The molecule has 1 aromatic rings. The molecule has 0 aromatic carbocycles. The molecule has 1 aromatic heterocycles. The molecule has 0 saturated carbocycles. The first-order chi connectivity index (χ1) is 6.90. The molecule has 0 spiro atoms. The van der Waals surface area contributed by atoms with Crippen molar-refractivity contribution in [3.8, 4) is 0 Å². The molecule has 0 unspecified atom stereocenters. The SMILES string of the molecule is CCCc1ccc2c(n1)NCCCC2. The number of nitrogens with zero attached hydrogens (tertiary/aromatic N) is 1. The largest absolute Gasteiger partial charge is 0.370 e. The summed E-state index contributed by atoms with van der Waals surface area (Å²) in [5.74, 6) is 1.13. The van der Waals surface area contributed by atoms with E-state index in [-0.39, 0.29) is 0 Å². The van der Waals surface area contributed by atoms with E-state index in [1.54, 1.807) is 0 Å². The number of anilines is 1. The molecule has 0 aliphatic carbocycles. The Morgan fingerprint density at radius 2 is 2.29 bits per heavy atom. The summed E-state index contributed by atoms with van der Waals surface area (Å²) in [7, 11) is 0. The van der Waals surface area contributed by atoms with Crippen LogP contribution in [0.25, 0.3) is 0 Å². The van der Waals surface area contributed by atoms with Crippen LogP contribution in [0.15, 0.2) is 12.1 Å². The van der Waals surface area contributed by atoms with Crippen LogP contribution in [0.3, 0.4) is 0 Å². The smallest absolute Gasteiger partial charge is 0.129 e. The summed E-state index contributed by atoms with van der Waals surface area (Å²) in [5, 5.41) is 3.41. The molecule has 1 aliphatic heterocycles. The standard InChI is InChI=1S/C12H18N2/c1-2-5-11-8-7-10-6-3-4-9-13-12(10)14-11/h7-8H,2-6,9H2,1H3,(H,13,14). The van der Waals surface area contributed by atoms with Gasteiger partial charge in [-0.3, -0.25) is 0 Å². The number of rotatable bonds is 2. The van der Waals surface area contributed by atoms with Crippen LogP contribution in [0, 0.1) is 0 Å². The highest BCUT2D eigenvalue weighted by Crippen LogP contribution is 2.19. The van der Waals surface area contributed by atoms with E-state index in [9.17, 15) is 0 Å². The van der Waals surface area contributed by atoms with Gasteiger partial charge in [0.25, 0.3) is 0 Å². The van der Waals surface area contributed by atoms with E-state index in [1.807, 2.05) is 0 Å². The molecule has 2 heteroatoms. The zero-order chi connectivity index (χ0) is 9.80. The van der Waals surface area contributed by atoms with Gasteiger partial charge in [-0.2, -0.15) is 0 Å². The normalized spacial score (nSPS) is 15.5. The molecule has 14 heavy (non-hydrogen) atoms. The van der Waals surface area contributed by atoms with Crippen LogP contribution in [-0.2, 0) is 12.8 Å². The predicted octanol–water partition coefficient (Wildman–Crippen LogP) is 2.78. The minimum absolute atomic E-state index is 1.08. The van der Waals surface area contributed by atoms with Crippen LogP contribution in [0.2, 0.25) is 0 Å². The molecule has 1 N–H and O–H groups in total. The third-order valence-electron chi connectivity index (χ3n) is 2.71.